The SMILES string of the molecule is CCOc1ccccc1N1CCN(c2nc(C(F)(F)F)nc3ccccc23)CC1. The summed E-state index contributed by atoms with van der Waals surface area (Å²) in [6, 6.07) is 14.6. The van der Waals surface area contributed by atoms with Gasteiger partial charge in [0.25, 0.3) is 0 Å². The highest BCUT2D eigenvalue weighted by Gasteiger charge is 2.36. The quantitative estimate of drug-likeness (QED) is 0.648. The molecule has 0 spiro atoms. The zero-order chi connectivity index (χ0) is 20.4. The first kappa shape index (κ1) is 19.3. The van der Waals surface area contributed by atoms with Crippen LogP contribution in [0.1, 0.15) is 12.7 Å². The second-order valence-electron chi connectivity index (χ2n) is 6.76. The van der Waals surface area contributed by atoms with E-state index in [0.717, 1.165) is 11.4 Å². The molecule has 0 bridgehead atoms. The Hall–Kier alpha value is -3.03. The van der Waals surface area contributed by atoms with Crippen molar-refractivity contribution in [2.45, 2.75) is 13.1 Å². The van der Waals surface area contributed by atoms with Crippen LogP contribution < -0.4 is 14.5 Å². The summed E-state index contributed by atoms with van der Waals surface area (Å²) in [5.41, 5.74) is 1.30. The fraction of sp³-hybridized carbons (Fsp3) is 0.333. The molecule has 0 unspecified atom stereocenters. The van der Waals surface area contributed by atoms with Crippen molar-refractivity contribution in [1.82, 2.24) is 9.97 Å². The molecule has 0 saturated carbocycles. The van der Waals surface area contributed by atoms with Crippen LogP contribution in [0.4, 0.5) is 24.7 Å². The van der Waals surface area contributed by atoms with Crippen LogP contribution in [-0.4, -0.2) is 42.8 Å². The molecule has 152 valence electrons. The molecule has 3 aromatic rings. The molecular weight excluding hydrogens is 381 g/mol. The standard InChI is InChI=1S/C21H21F3N4O/c1-2-29-18-10-6-5-9-17(18)27-11-13-28(14-12-27)19-15-7-3-4-8-16(15)25-20(26-19)21(22,23)24/h3-10H,2,11-14H2,1H3. The first-order valence-electron chi connectivity index (χ1n) is 9.53. The Labute approximate surface area is 166 Å². The van der Waals surface area contributed by atoms with Gasteiger partial charge >= 0.3 is 6.18 Å². The van der Waals surface area contributed by atoms with Crippen molar-refractivity contribution in [2.24, 2.45) is 0 Å². The number of anilines is 2. The van der Waals surface area contributed by atoms with Crippen LogP contribution in [0, 0.1) is 0 Å². The largest absolute Gasteiger partial charge is 0.492 e. The van der Waals surface area contributed by atoms with Crippen molar-refractivity contribution in [3.63, 3.8) is 0 Å². The summed E-state index contributed by atoms with van der Waals surface area (Å²) in [5, 5.41) is 0.628. The molecule has 2 heterocycles. The van der Waals surface area contributed by atoms with Crippen molar-refractivity contribution in [3.05, 3.63) is 54.4 Å². The van der Waals surface area contributed by atoms with Gasteiger partial charge in [0.2, 0.25) is 5.82 Å². The van der Waals surface area contributed by atoms with Gasteiger partial charge in [-0.2, -0.15) is 13.2 Å². The molecule has 0 radical (unpaired) electrons. The Bertz CT molecular complexity index is 1000. The van der Waals surface area contributed by atoms with Gasteiger partial charge in [-0.1, -0.05) is 24.3 Å². The predicted octanol–water partition coefficient (Wildman–Crippen LogP) is 4.37. The summed E-state index contributed by atoms with van der Waals surface area (Å²) in [7, 11) is 0. The van der Waals surface area contributed by atoms with Gasteiger partial charge in [-0.25, -0.2) is 9.97 Å². The van der Waals surface area contributed by atoms with Gasteiger partial charge in [-0.15, -0.1) is 0 Å². The van der Waals surface area contributed by atoms with E-state index in [2.05, 4.69) is 14.9 Å². The molecule has 4 rings (SSSR count). The molecule has 29 heavy (non-hydrogen) atoms. The molecule has 8 heteroatoms. The minimum absolute atomic E-state index is 0.300. The number of alkyl halides is 3. The lowest BCUT2D eigenvalue weighted by atomic mass is 10.2. The molecule has 0 N–H and O–H groups in total. The first-order valence-corrected chi connectivity index (χ1v) is 9.53. The van der Waals surface area contributed by atoms with Gasteiger partial charge in [0.05, 0.1) is 17.8 Å². The second kappa shape index (κ2) is 7.77. The van der Waals surface area contributed by atoms with Crippen molar-refractivity contribution in [1.29, 1.82) is 0 Å². The number of benzene rings is 2. The highest BCUT2D eigenvalue weighted by Crippen LogP contribution is 2.33. The summed E-state index contributed by atoms with van der Waals surface area (Å²) in [4.78, 5) is 11.7. The molecule has 1 fully saturated rings. The number of nitrogens with zero attached hydrogens (tertiary/aromatic N) is 4. The third-order valence-corrected chi connectivity index (χ3v) is 4.92. The number of para-hydroxylation sites is 3. The molecule has 1 aromatic heterocycles. The number of hydrogen-bond acceptors (Lipinski definition) is 5. The predicted molar refractivity (Wildman–Crippen MR) is 107 cm³/mol. The van der Waals surface area contributed by atoms with Gasteiger partial charge in [0.1, 0.15) is 11.6 Å². The van der Waals surface area contributed by atoms with Crippen molar-refractivity contribution < 1.29 is 17.9 Å². The van der Waals surface area contributed by atoms with E-state index >= 15 is 0 Å². The molecule has 1 aliphatic heterocycles. The maximum atomic E-state index is 13.3. The number of piperazine rings is 1. The van der Waals surface area contributed by atoms with Gasteiger partial charge < -0.3 is 14.5 Å². The Morgan fingerprint density at radius 2 is 1.55 bits per heavy atom. The fourth-order valence-corrected chi connectivity index (χ4v) is 3.58. The summed E-state index contributed by atoms with van der Waals surface area (Å²) >= 11 is 0. The average molecular weight is 402 g/mol. The van der Waals surface area contributed by atoms with Gasteiger partial charge in [0, 0.05) is 31.6 Å². The second-order valence-corrected chi connectivity index (χ2v) is 6.76. The highest BCUT2D eigenvalue weighted by molar-refractivity contribution is 5.89. The topological polar surface area (TPSA) is 41.5 Å². The van der Waals surface area contributed by atoms with E-state index in [4.69, 9.17) is 4.74 Å². The Morgan fingerprint density at radius 3 is 2.28 bits per heavy atom. The first-order chi connectivity index (χ1) is 14.0. The molecule has 0 amide bonds. The Balaban J connectivity index is 1.61. The van der Waals surface area contributed by atoms with Crippen LogP contribution >= 0.6 is 0 Å². The van der Waals surface area contributed by atoms with Crippen LogP contribution in [-0.2, 0) is 6.18 Å². The monoisotopic (exact) mass is 402 g/mol. The third-order valence-electron chi connectivity index (χ3n) is 4.92. The van der Waals surface area contributed by atoms with E-state index in [0.29, 0.717) is 49.5 Å². The van der Waals surface area contributed by atoms with Crippen LogP contribution in [0.5, 0.6) is 5.75 Å². The highest BCUT2D eigenvalue weighted by atomic mass is 19.4. The molecule has 0 atom stereocenters. The summed E-state index contributed by atoms with van der Waals surface area (Å²) < 4.78 is 45.6. The Kier molecular flexibility index (Phi) is 5.17. The number of ether oxygens (including phenoxy) is 1. The average Bonchev–Trinajstić information content (AvgIpc) is 2.73. The zero-order valence-corrected chi connectivity index (χ0v) is 16.0. The number of fused-ring (bicyclic) bond motifs is 1. The lowest BCUT2D eigenvalue weighted by molar-refractivity contribution is -0.144. The lowest BCUT2D eigenvalue weighted by Gasteiger charge is -2.37. The van der Waals surface area contributed by atoms with Crippen LogP contribution in [0.15, 0.2) is 48.5 Å². The molecule has 1 aliphatic rings. The maximum Gasteiger partial charge on any atom is 0.451 e. The van der Waals surface area contributed by atoms with E-state index in [9.17, 15) is 13.2 Å². The van der Waals surface area contributed by atoms with E-state index < -0.39 is 12.0 Å². The minimum atomic E-state index is -4.59. The maximum absolute atomic E-state index is 13.3. The lowest BCUT2D eigenvalue weighted by Crippen LogP contribution is -2.47. The van der Waals surface area contributed by atoms with Crippen molar-refractivity contribution in [3.8, 4) is 5.75 Å². The van der Waals surface area contributed by atoms with E-state index in [1.165, 1.54) is 0 Å². The minimum Gasteiger partial charge on any atom is -0.492 e. The van der Waals surface area contributed by atoms with E-state index in [-0.39, 0.29) is 0 Å². The number of aromatic nitrogens is 2. The fourth-order valence-electron chi connectivity index (χ4n) is 3.58. The molecule has 2 aromatic carbocycles. The Morgan fingerprint density at radius 1 is 0.897 bits per heavy atom. The normalized spacial score (nSPS) is 15.0. The van der Waals surface area contributed by atoms with Gasteiger partial charge in [0.15, 0.2) is 0 Å². The number of halogens is 3. The summed E-state index contributed by atoms with van der Waals surface area (Å²) in [6.45, 7) is 4.93. The van der Waals surface area contributed by atoms with Crippen molar-refractivity contribution >= 4 is 22.4 Å². The zero-order valence-electron chi connectivity index (χ0n) is 16.0. The summed E-state index contributed by atoms with van der Waals surface area (Å²) in [6.07, 6.45) is -4.59. The van der Waals surface area contributed by atoms with Crippen molar-refractivity contribution in [2.75, 3.05) is 42.6 Å². The molecular formula is C21H21F3N4O. The smallest absolute Gasteiger partial charge is 0.451 e. The van der Waals surface area contributed by atoms with E-state index in [1.54, 1.807) is 24.3 Å². The molecule has 5 nitrogen and oxygen atoms in total. The van der Waals surface area contributed by atoms with Gasteiger partial charge in [-0.05, 0) is 31.2 Å². The molecule has 0 aliphatic carbocycles. The van der Waals surface area contributed by atoms with E-state index in [1.807, 2.05) is 36.1 Å². The summed E-state index contributed by atoms with van der Waals surface area (Å²) in [5.74, 6) is 0.0475. The molecule has 1 saturated heterocycles. The van der Waals surface area contributed by atoms with Crippen LogP contribution in [0.2, 0.25) is 0 Å². The van der Waals surface area contributed by atoms with Crippen LogP contribution in [0.25, 0.3) is 10.9 Å². The number of rotatable bonds is 4. The van der Waals surface area contributed by atoms with Gasteiger partial charge in [-0.3, -0.25) is 0 Å². The van der Waals surface area contributed by atoms with Crippen LogP contribution in [0.3, 0.4) is 0 Å². The third kappa shape index (κ3) is 3.92. The number of hydrogen-bond donors (Lipinski definition) is 0.